The molecule has 0 saturated carbocycles. The van der Waals surface area contributed by atoms with Crippen LogP contribution in [0.25, 0.3) is 5.70 Å². The highest BCUT2D eigenvalue weighted by molar-refractivity contribution is 5.78. The Labute approximate surface area is 175 Å². The Kier molecular flexibility index (Phi) is 7.10. The maximum atomic E-state index is 12.2. The predicted molar refractivity (Wildman–Crippen MR) is 115 cm³/mol. The number of amides is 1. The molecule has 3 aromatic rings. The molecule has 1 heterocycles. The highest BCUT2D eigenvalue weighted by atomic mass is 16.5. The quantitative estimate of drug-likeness (QED) is 0.559. The van der Waals surface area contributed by atoms with Gasteiger partial charge in [-0.15, -0.1) is 0 Å². The summed E-state index contributed by atoms with van der Waals surface area (Å²) in [6, 6.07) is 13.2. The third-order valence-electron chi connectivity index (χ3n) is 4.56. The molecule has 7 nitrogen and oxygen atoms in total. The van der Waals surface area contributed by atoms with E-state index in [9.17, 15) is 4.79 Å². The van der Waals surface area contributed by atoms with Crippen LogP contribution in [-0.4, -0.2) is 42.8 Å². The molecule has 0 saturated heterocycles. The van der Waals surface area contributed by atoms with Gasteiger partial charge in [-0.2, -0.15) is 0 Å². The number of nitrogens with zero attached hydrogens (tertiary/aromatic N) is 2. The first-order valence-corrected chi connectivity index (χ1v) is 9.49. The number of hydrogen-bond acceptors (Lipinski definition) is 5. The Morgan fingerprint density at radius 1 is 1.10 bits per heavy atom. The van der Waals surface area contributed by atoms with Crippen LogP contribution in [0.4, 0.5) is 0 Å². The number of ether oxygens (including phenoxy) is 3. The van der Waals surface area contributed by atoms with Gasteiger partial charge < -0.3 is 24.1 Å². The molecule has 1 N–H and O–H groups in total. The molecule has 156 valence electrons. The number of carbonyl (C=O) groups is 1. The Balaban J connectivity index is 1.52. The molecule has 0 bridgehead atoms. The second-order valence-electron chi connectivity index (χ2n) is 6.49. The highest BCUT2D eigenvalue weighted by Gasteiger charge is 2.11. The molecule has 0 fully saturated rings. The van der Waals surface area contributed by atoms with Gasteiger partial charge in [0.1, 0.15) is 5.75 Å². The van der Waals surface area contributed by atoms with Crippen LogP contribution in [0.15, 0.2) is 67.8 Å². The number of rotatable bonds is 10. The molecule has 0 aliphatic rings. The molecule has 0 unspecified atom stereocenters. The summed E-state index contributed by atoms with van der Waals surface area (Å²) >= 11 is 0. The topological polar surface area (TPSA) is 74.6 Å². The molecule has 0 aliphatic heterocycles. The lowest BCUT2D eigenvalue weighted by Gasteiger charge is -2.14. The van der Waals surface area contributed by atoms with Crippen molar-refractivity contribution >= 4 is 11.6 Å². The van der Waals surface area contributed by atoms with Gasteiger partial charge in [-0.05, 0) is 36.2 Å². The smallest absolute Gasteiger partial charge is 0.257 e. The van der Waals surface area contributed by atoms with Crippen molar-refractivity contribution in [2.75, 3.05) is 27.4 Å². The maximum absolute atomic E-state index is 12.2. The van der Waals surface area contributed by atoms with Crippen molar-refractivity contribution in [2.45, 2.75) is 6.42 Å². The number of aromatic nitrogens is 2. The van der Waals surface area contributed by atoms with E-state index in [4.69, 9.17) is 14.2 Å². The number of benzene rings is 2. The van der Waals surface area contributed by atoms with Gasteiger partial charge >= 0.3 is 0 Å². The van der Waals surface area contributed by atoms with Crippen LogP contribution >= 0.6 is 0 Å². The zero-order valence-electron chi connectivity index (χ0n) is 17.1. The summed E-state index contributed by atoms with van der Waals surface area (Å²) in [5.41, 5.74) is 2.56. The van der Waals surface area contributed by atoms with E-state index in [0.717, 1.165) is 16.8 Å². The number of methoxy groups -OCH3 is 2. The van der Waals surface area contributed by atoms with E-state index >= 15 is 0 Å². The number of carbonyl (C=O) groups excluding carboxylic acids is 1. The summed E-state index contributed by atoms with van der Waals surface area (Å²) in [4.78, 5) is 16.3. The van der Waals surface area contributed by atoms with Gasteiger partial charge in [0.25, 0.3) is 5.91 Å². The van der Waals surface area contributed by atoms with Gasteiger partial charge in [-0.25, -0.2) is 4.98 Å². The molecule has 0 spiro atoms. The molecule has 30 heavy (non-hydrogen) atoms. The average molecular weight is 407 g/mol. The monoisotopic (exact) mass is 407 g/mol. The lowest BCUT2D eigenvalue weighted by atomic mass is 10.1. The van der Waals surface area contributed by atoms with E-state index in [0.29, 0.717) is 30.2 Å². The fraction of sp³-hybridized carbons (Fsp3) is 0.217. The second-order valence-corrected chi connectivity index (χ2v) is 6.49. The molecule has 1 amide bonds. The standard InChI is InChI=1S/C23H25N3O4/c1-17(26-13-12-24-16-26)19-6-4-5-7-20(19)30-15-23(27)25-11-10-18-8-9-21(28-2)22(14-18)29-3/h4-9,12-14,16H,1,10-11,15H2,2-3H3,(H,25,27). The first-order valence-electron chi connectivity index (χ1n) is 9.49. The normalized spacial score (nSPS) is 10.3. The molecule has 1 aromatic heterocycles. The van der Waals surface area contributed by atoms with Gasteiger partial charge in [-0.3, -0.25) is 4.79 Å². The third-order valence-corrected chi connectivity index (χ3v) is 4.56. The van der Waals surface area contributed by atoms with Gasteiger partial charge in [0.05, 0.1) is 26.2 Å². The molecule has 2 aromatic carbocycles. The largest absolute Gasteiger partial charge is 0.493 e. The molecule has 3 rings (SSSR count). The molecule has 0 aliphatic carbocycles. The first-order chi connectivity index (χ1) is 14.6. The second kappa shape index (κ2) is 10.2. The van der Waals surface area contributed by atoms with E-state index in [-0.39, 0.29) is 12.5 Å². The van der Waals surface area contributed by atoms with Crippen molar-refractivity contribution in [2.24, 2.45) is 0 Å². The number of nitrogens with one attached hydrogen (secondary N) is 1. The minimum absolute atomic E-state index is 0.0832. The minimum Gasteiger partial charge on any atom is -0.493 e. The van der Waals surface area contributed by atoms with E-state index in [2.05, 4.69) is 16.9 Å². The van der Waals surface area contributed by atoms with Gasteiger partial charge in [0.15, 0.2) is 18.1 Å². The first kappa shape index (κ1) is 21.0. The fourth-order valence-corrected chi connectivity index (χ4v) is 2.97. The van der Waals surface area contributed by atoms with E-state index in [1.807, 2.05) is 42.5 Å². The van der Waals surface area contributed by atoms with Crippen molar-refractivity contribution in [1.29, 1.82) is 0 Å². The van der Waals surface area contributed by atoms with Gasteiger partial charge in [0, 0.05) is 24.5 Å². The third kappa shape index (κ3) is 5.20. The molecular formula is C23H25N3O4. The van der Waals surface area contributed by atoms with Crippen LogP contribution in [0, 0.1) is 0 Å². The van der Waals surface area contributed by atoms with Gasteiger partial charge in [-0.1, -0.05) is 24.8 Å². The summed E-state index contributed by atoms with van der Waals surface area (Å²) in [5.74, 6) is 1.73. The number of para-hydroxylation sites is 1. The van der Waals surface area contributed by atoms with Crippen molar-refractivity contribution in [3.63, 3.8) is 0 Å². The van der Waals surface area contributed by atoms with Crippen LogP contribution in [0.3, 0.4) is 0 Å². The summed E-state index contributed by atoms with van der Waals surface area (Å²) in [7, 11) is 3.20. The summed E-state index contributed by atoms with van der Waals surface area (Å²) in [6.45, 7) is 4.49. The van der Waals surface area contributed by atoms with Crippen LogP contribution in [0.1, 0.15) is 11.1 Å². The Bertz CT molecular complexity index is 999. The average Bonchev–Trinajstić information content (AvgIpc) is 3.32. The van der Waals surface area contributed by atoms with Crippen LogP contribution in [0.2, 0.25) is 0 Å². The molecular weight excluding hydrogens is 382 g/mol. The van der Waals surface area contributed by atoms with E-state index in [1.165, 1.54) is 0 Å². The zero-order chi connectivity index (χ0) is 21.3. The van der Waals surface area contributed by atoms with E-state index in [1.54, 1.807) is 37.5 Å². The molecule has 7 heteroatoms. The lowest BCUT2D eigenvalue weighted by Crippen LogP contribution is -2.30. The Hall–Kier alpha value is -3.74. The Morgan fingerprint density at radius 3 is 2.63 bits per heavy atom. The SMILES string of the molecule is C=C(c1ccccc1OCC(=O)NCCc1ccc(OC)c(OC)c1)n1ccnc1. The van der Waals surface area contributed by atoms with Crippen LogP contribution in [-0.2, 0) is 11.2 Å². The fourth-order valence-electron chi connectivity index (χ4n) is 2.97. The minimum atomic E-state index is -0.196. The van der Waals surface area contributed by atoms with Gasteiger partial charge in [0.2, 0.25) is 0 Å². The molecule has 0 radical (unpaired) electrons. The zero-order valence-corrected chi connectivity index (χ0v) is 17.1. The van der Waals surface area contributed by atoms with Crippen LogP contribution < -0.4 is 19.5 Å². The van der Waals surface area contributed by atoms with Crippen molar-refractivity contribution < 1.29 is 19.0 Å². The van der Waals surface area contributed by atoms with Crippen molar-refractivity contribution in [3.05, 3.63) is 78.9 Å². The highest BCUT2D eigenvalue weighted by Crippen LogP contribution is 2.28. The summed E-state index contributed by atoms with van der Waals surface area (Å²) < 4.78 is 18.1. The lowest BCUT2D eigenvalue weighted by molar-refractivity contribution is -0.123. The van der Waals surface area contributed by atoms with Crippen molar-refractivity contribution in [3.8, 4) is 17.2 Å². The molecule has 0 atom stereocenters. The predicted octanol–water partition coefficient (Wildman–Crippen LogP) is 3.16. The number of hydrogen-bond donors (Lipinski definition) is 1. The Morgan fingerprint density at radius 2 is 1.90 bits per heavy atom. The maximum Gasteiger partial charge on any atom is 0.257 e. The summed E-state index contributed by atoms with van der Waals surface area (Å²) in [6.07, 6.45) is 5.82. The van der Waals surface area contributed by atoms with Crippen LogP contribution in [0.5, 0.6) is 17.2 Å². The number of imidazole rings is 1. The summed E-state index contributed by atoms with van der Waals surface area (Å²) in [5, 5.41) is 2.87. The van der Waals surface area contributed by atoms with E-state index < -0.39 is 0 Å². The van der Waals surface area contributed by atoms with Crippen molar-refractivity contribution in [1.82, 2.24) is 14.9 Å².